The Morgan fingerprint density at radius 1 is 0.875 bits per heavy atom. The predicted octanol–water partition coefficient (Wildman–Crippen LogP) is 3.29. The van der Waals surface area contributed by atoms with Gasteiger partial charge in [-0.1, -0.05) is 60.7 Å². The molecule has 1 saturated heterocycles. The van der Waals surface area contributed by atoms with Crippen LogP contribution in [0, 0.1) is 0 Å². The number of hydrogen-bond acceptors (Lipinski definition) is 4. The number of ether oxygens (including phenoxy) is 3. The molecule has 1 N–H and O–H groups in total. The highest BCUT2D eigenvalue weighted by Gasteiger charge is 2.29. The van der Waals surface area contributed by atoms with Crippen molar-refractivity contribution < 1.29 is 19.3 Å². The van der Waals surface area contributed by atoms with Gasteiger partial charge in [-0.3, -0.25) is 0 Å². The molecule has 2 aromatic carbocycles. The third-order valence-corrected chi connectivity index (χ3v) is 4.08. The number of rotatable bonds is 7. The molecule has 3 atom stereocenters. The lowest BCUT2D eigenvalue weighted by Gasteiger charge is -2.32. The first kappa shape index (κ1) is 17.1. The molecule has 1 aliphatic heterocycles. The minimum absolute atomic E-state index is 0.0146. The molecule has 0 aromatic heterocycles. The molecule has 3 rings (SSSR count). The zero-order valence-corrected chi connectivity index (χ0v) is 13.7. The molecule has 0 radical (unpaired) electrons. The number of hydrogen-bond donors (Lipinski definition) is 1. The summed E-state index contributed by atoms with van der Waals surface area (Å²) in [6.45, 7) is 1.55. The number of aliphatic hydroxyl groups excluding tert-OH is 1. The van der Waals surface area contributed by atoms with Gasteiger partial charge in [-0.05, 0) is 11.1 Å². The highest BCUT2D eigenvalue weighted by molar-refractivity contribution is 5.14. The number of benzene rings is 2. The molecule has 0 aliphatic carbocycles. The van der Waals surface area contributed by atoms with Crippen molar-refractivity contribution in [1.82, 2.24) is 0 Å². The van der Waals surface area contributed by atoms with Gasteiger partial charge in [0.1, 0.15) is 0 Å². The smallest absolute Gasteiger partial charge is 0.157 e. The van der Waals surface area contributed by atoms with E-state index in [0.29, 0.717) is 26.2 Å². The van der Waals surface area contributed by atoms with Gasteiger partial charge in [0, 0.05) is 12.8 Å². The molecule has 4 nitrogen and oxygen atoms in total. The van der Waals surface area contributed by atoms with Gasteiger partial charge in [0.15, 0.2) is 6.29 Å². The fourth-order valence-corrected chi connectivity index (χ4v) is 2.86. The van der Waals surface area contributed by atoms with Crippen LogP contribution in [0.5, 0.6) is 0 Å². The van der Waals surface area contributed by atoms with Gasteiger partial charge in [-0.2, -0.15) is 0 Å². The summed E-state index contributed by atoms with van der Waals surface area (Å²) in [4.78, 5) is 0. The van der Waals surface area contributed by atoms with Gasteiger partial charge >= 0.3 is 0 Å². The maximum Gasteiger partial charge on any atom is 0.157 e. The maximum atomic E-state index is 9.91. The van der Waals surface area contributed by atoms with Crippen LogP contribution in [-0.2, 0) is 27.4 Å². The van der Waals surface area contributed by atoms with E-state index < -0.39 is 6.29 Å². The Balaban J connectivity index is 1.43. The SMILES string of the molecule is OC1CC(OCc2ccccc2)CC(COCc2ccccc2)O1. The van der Waals surface area contributed by atoms with E-state index in [4.69, 9.17) is 14.2 Å². The molecule has 0 amide bonds. The quantitative estimate of drug-likeness (QED) is 0.847. The van der Waals surface area contributed by atoms with Gasteiger partial charge in [0.25, 0.3) is 0 Å². The summed E-state index contributed by atoms with van der Waals surface area (Å²) >= 11 is 0. The lowest BCUT2D eigenvalue weighted by Crippen LogP contribution is -2.39. The van der Waals surface area contributed by atoms with Crippen LogP contribution in [0.15, 0.2) is 60.7 Å². The highest BCUT2D eigenvalue weighted by atomic mass is 16.6. The standard InChI is InChI=1S/C20H24O4/c21-20-12-18(23-14-17-9-5-2-6-10-17)11-19(24-20)15-22-13-16-7-3-1-4-8-16/h1-10,18-21H,11-15H2. The van der Waals surface area contributed by atoms with E-state index >= 15 is 0 Å². The van der Waals surface area contributed by atoms with Gasteiger partial charge in [0.05, 0.1) is 32.0 Å². The van der Waals surface area contributed by atoms with E-state index in [9.17, 15) is 5.11 Å². The summed E-state index contributed by atoms with van der Waals surface area (Å²) in [5.74, 6) is 0. The van der Waals surface area contributed by atoms with E-state index in [2.05, 4.69) is 0 Å². The summed E-state index contributed by atoms with van der Waals surface area (Å²) in [5, 5.41) is 9.91. The minimum atomic E-state index is -0.787. The van der Waals surface area contributed by atoms with E-state index in [-0.39, 0.29) is 12.2 Å². The zero-order chi connectivity index (χ0) is 16.6. The fourth-order valence-electron chi connectivity index (χ4n) is 2.86. The average molecular weight is 328 g/mol. The Morgan fingerprint density at radius 3 is 2.17 bits per heavy atom. The van der Waals surface area contributed by atoms with Crippen molar-refractivity contribution in [2.45, 2.75) is 44.6 Å². The monoisotopic (exact) mass is 328 g/mol. The summed E-state index contributed by atoms with van der Waals surface area (Å²) in [6, 6.07) is 20.1. The zero-order valence-electron chi connectivity index (χ0n) is 13.7. The molecular weight excluding hydrogens is 304 g/mol. The fraction of sp³-hybridized carbons (Fsp3) is 0.400. The predicted molar refractivity (Wildman–Crippen MR) is 91.2 cm³/mol. The van der Waals surface area contributed by atoms with Crippen molar-refractivity contribution in [2.75, 3.05) is 6.61 Å². The third-order valence-electron chi connectivity index (χ3n) is 4.08. The molecule has 1 aliphatic rings. The Kier molecular flexibility index (Phi) is 6.38. The van der Waals surface area contributed by atoms with Crippen LogP contribution in [-0.4, -0.2) is 30.2 Å². The first-order valence-electron chi connectivity index (χ1n) is 8.40. The highest BCUT2D eigenvalue weighted by Crippen LogP contribution is 2.22. The average Bonchev–Trinajstić information content (AvgIpc) is 2.61. The molecule has 0 spiro atoms. The third kappa shape index (κ3) is 5.42. The van der Waals surface area contributed by atoms with Crippen molar-refractivity contribution in [3.63, 3.8) is 0 Å². The molecule has 0 bridgehead atoms. The van der Waals surface area contributed by atoms with Crippen molar-refractivity contribution in [3.05, 3.63) is 71.8 Å². The van der Waals surface area contributed by atoms with Crippen LogP contribution < -0.4 is 0 Å². The first-order chi connectivity index (χ1) is 11.8. The molecular formula is C20H24O4. The minimum Gasteiger partial charge on any atom is -0.374 e. The molecule has 0 saturated carbocycles. The molecule has 1 fully saturated rings. The van der Waals surface area contributed by atoms with Crippen LogP contribution in [0.3, 0.4) is 0 Å². The van der Waals surface area contributed by atoms with Gasteiger partial charge in [-0.25, -0.2) is 0 Å². The van der Waals surface area contributed by atoms with Gasteiger partial charge in [-0.15, -0.1) is 0 Å². The number of aliphatic hydroxyl groups is 1. The maximum absolute atomic E-state index is 9.91. The Labute approximate surface area is 143 Å². The second-order valence-electron chi connectivity index (χ2n) is 6.10. The van der Waals surface area contributed by atoms with Crippen molar-refractivity contribution in [2.24, 2.45) is 0 Å². The lowest BCUT2D eigenvalue weighted by molar-refractivity contribution is -0.211. The summed E-state index contributed by atoms with van der Waals surface area (Å²) < 4.78 is 17.2. The van der Waals surface area contributed by atoms with E-state index in [1.807, 2.05) is 60.7 Å². The van der Waals surface area contributed by atoms with Crippen LogP contribution in [0.25, 0.3) is 0 Å². The molecule has 3 unspecified atom stereocenters. The van der Waals surface area contributed by atoms with E-state index in [0.717, 1.165) is 17.5 Å². The second kappa shape index (κ2) is 8.94. The Bertz CT molecular complexity index is 587. The molecule has 1 heterocycles. The molecule has 24 heavy (non-hydrogen) atoms. The van der Waals surface area contributed by atoms with E-state index in [1.165, 1.54) is 0 Å². The summed E-state index contributed by atoms with van der Waals surface area (Å²) in [6.07, 6.45) is 0.295. The topological polar surface area (TPSA) is 47.9 Å². The normalized spacial score (nSPS) is 24.0. The lowest BCUT2D eigenvalue weighted by atomic mass is 10.1. The van der Waals surface area contributed by atoms with Gasteiger partial charge < -0.3 is 19.3 Å². The van der Waals surface area contributed by atoms with Crippen molar-refractivity contribution in [1.29, 1.82) is 0 Å². The first-order valence-corrected chi connectivity index (χ1v) is 8.40. The molecule has 4 heteroatoms. The summed E-state index contributed by atoms with van der Waals surface area (Å²) in [7, 11) is 0. The second-order valence-corrected chi connectivity index (χ2v) is 6.10. The van der Waals surface area contributed by atoms with Crippen molar-refractivity contribution >= 4 is 0 Å². The molecule has 2 aromatic rings. The molecule has 128 valence electrons. The summed E-state index contributed by atoms with van der Waals surface area (Å²) in [5.41, 5.74) is 2.26. The van der Waals surface area contributed by atoms with Crippen LogP contribution in [0.1, 0.15) is 24.0 Å². The van der Waals surface area contributed by atoms with Crippen molar-refractivity contribution in [3.8, 4) is 0 Å². The Morgan fingerprint density at radius 2 is 1.50 bits per heavy atom. The van der Waals surface area contributed by atoms with Crippen LogP contribution >= 0.6 is 0 Å². The van der Waals surface area contributed by atoms with Gasteiger partial charge in [0.2, 0.25) is 0 Å². The van der Waals surface area contributed by atoms with E-state index in [1.54, 1.807) is 0 Å². The Hall–Kier alpha value is -1.72. The van der Waals surface area contributed by atoms with Crippen LogP contribution in [0.4, 0.5) is 0 Å². The largest absolute Gasteiger partial charge is 0.374 e. The van der Waals surface area contributed by atoms with Crippen LogP contribution in [0.2, 0.25) is 0 Å².